The van der Waals surface area contributed by atoms with Gasteiger partial charge in [0.15, 0.2) is 6.04 Å². The Labute approximate surface area is 128 Å². The van der Waals surface area contributed by atoms with Gasteiger partial charge in [0.1, 0.15) is 5.82 Å². The summed E-state index contributed by atoms with van der Waals surface area (Å²) in [7, 11) is 0. The molecule has 2 atom stereocenters. The first-order valence-electron chi connectivity index (χ1n) is 6.91. The summed E-state index contributed by atoms with van der Waals surface area (Å²) in [5.41, 5.74) is 0.417. The van der Waals surface area contributed by atoms with Crippen LogP contribution in [0.25, 0.3) is 0 Å². The van der Waals surface area contributed by atoms with Crippen LogP contribution in [-0.2, 0) is 20.7 Å². The third-order valence-corrected chi connectivity index (χ3v) is 3.07. The van der Waals surface area contributed by atoms with E-state index in [2.05, 4.69) is 11.9 Å². The Balaban J connectivity index is 2.59. The Bertz CT molecular complexity index is 533. The van der Waals surface area contributed by atoms with Crippen molar-refractivity contribution in [2.75, 3.05) is 13.2 Å². The lowest BCUT2D eigenvalue weighted by molar-refractivity contribution is -0.144. The number of amides is 1. The summed E-state index contributed by atoms with van der Waals surface area (Å²) in [6.07, 6.45) is 1.68. The molecule has 1 aromatic carbocycles. The third-order valence-electron chi connectivity index (χ3n) is 3.07. The number of benzene rings is 1. The molecule has 0 heterocycles. The van der Waals surface area contributed by atoms with Gasteiger partial charge in [0, 0.05) is 5.92 Å². The highest BCUT2D eigenvalue weighted by molar-refractivity contribution is 5.85. The predicted octanol–water partition coefficient (Wildman–Crippen LogP) is 1.78. The van der Waals surface area contributed by atoms with Crippen LogP contribution in [0.1, 0.15) is 12.5 Å². The van der Waals surface area contributed by atoms with Crippen LogP contribution in [0.15, 0.2) is 36.9 Å². The maximum atomic E-state index is 13.6. The fraction of sp³-hybridized carbons (Fsp3) is 0.375. The molecule has 22 heavy (non-hydrogen) atoms. The summed E-state index contributed by atoms with van der Waals surface area (Å²) in [6.45, 7) is 5.11. The van der Waals surface area contributed by atoms with Gasteiger partial charge in [0.25, 0.3) is 0 Å². The van der Waals surface area contributed by atoms with E-state index in [0.29, 0.717) is 5.56 Å². The van der Waals surface area contributed by atoms with Gasteiger partial charge >= 0.3 is 5.97 Å². The van der Waals surface area contributed by atoms with Gasteiger partial charge < -0.3 is 15.2 Å². The number of hydrogen-bond acceptors (Lipinski definition) is 3. The van der Waals surface area contributed by atoms with Crippen molar-refractivity contribution in [2.24, 2.45) is 5.92 Å². The van der Waals surface area contributed by atoms with Gasteiger partial charge in [0.2, 0.25) is 5.91 Å². The minimum absolute atomic E-state index is 0.153. The highest BCUT2D eigenvalue weighted by Gasteiger charge is 2.23. The van der Waals surface area contributed by atoms with Crippen molar-refractivity contribution in [1.29, 1.82) is 0 Å². The van der Waals surface area contributed by atoms with Crippen molar-refractivity contribution in [2.45, 2.75) is 19.4 Å². The molecule has 0 bridgehead atoms. The Hall–Kier alpha value is -2.21. The smallest absolute Gasteiger partial charge is 0.328 e. The number of halogens is 1. The normalized spacial score (nSPS) is 13.2. The first-order valence-corrected chi connectivity index (χ1v) is 6.91. The molecule has 6 heteroatoms. The van der Waals surface area contributed by atoms with Crippen molar-refractivity contribution in [3.05, 3.63) is 48.3 Å². The molecule has 0 aliphatic rings. The highest BCUT2D eigenvalue weighted by atomic mass is 19.1. The van der Waals surface area contributed by atoms with Crippen LogP contribution < -0.4 is 5.32 Å². The van der Waals surface area contributed by atoms with Crippen molar-refractivity contribution >= 4 is 11.9 Å². The zero-order valence-corrected chi connectivity index (χ0v) is 12.4. The van der Waals surface area contributed by atoms with E-state index in [1.54, 1.807) is 25.1 Å². The predicted molar refractivity (Wildman–Crippen MR) is 79.9 cm³/mol. The monoisotopic (exact) mass is 309 g/mol. The van der Waals surface area contributed by atoms with E-state index in [0.717, 1.165) is 0 Å². The Morgan fingerprint density at radius 3 is 2.73 bits per heavy atom. The van der Waals surface area contributed by atoms with Crippen molar-refractivity contribution in [3.63, 3.8) is 0 Å². The number of carboxylic acid groups (broad SMARTS) is 1. The van der Waals surface area contributed by atoms with Gasteiger partial charge in [-0.3, -0.25) is 4.79 Å². The summed E-state index contributed by atoms with van der Waals surface area (Å²) >= 11 is 0. The number of rotatable bonds is 9. The molecule has 2 N–H and O–H groups in total. The second-order valence-electron chi connectivity index (χ2n) is 4.92. The van der Waals surface area contributed by atoms with Crippen LogP contribution >= 0.6 is 0 Å². The zero-order chi connectivity index (χ0) is 16.5. The standard InChI is InChI=1S/C16H20FNO4/c1-3-8-22-10-14(16(20)21)18-15(19)11(2)9-12-6-4-5-7-13(12)17/h3-7,11,14H,1,8-10H2,2H3,(H,18,19)(H,20,21). The Morgan fingerprint density at radius 1 is 1.45 bits per heavy atom. The van der Waals surface area contributed by atoms with Crippen LogP contribution in [0.4, 0.5) is 4.39 Å². The summed E-state index contributed by atoms with van der Waals surface area (Å²) in [5.74, 6) is -2.59. The molecule has 0 spiro atoms. The van der Waals surface area contributed by atoms with E-state index in [1.165, 1.54) is 12.1 Å². The summed E-state index contributed by atoms with van der Waals surface area (Å²) in [6, 6.07) is 5.03. The van der Waals surface area contributed by atoms with Gasteiger partial charge in [-0.05, 0) is 18.1 Å². The highest BCUT2D eigenvalue weighted by Crippen LogP contribution is 2.12. The first kappa shape index (κ1) is 17.8. The van der Waals surface area contributed by atoms with E-state index in [-0.39, 0.29) is 25.5 Å². The Kier molecular flexibility index (Phi) is 7.25. The second kappa shape index (κ2) is 8.94. The molecular formula is C16H20FNO4. The fourth-order valence-electron chi connectivity index (χ4n) is 1.84. The maximum absolute atomic E-state index is 13.6. The minimum Gasteiger partial charge on any atom is -0.480 e. The average Bonchev–Trinajstić information content (AvgIpc) is 2.48. The second-order valence-corrected chi connectivity index (χ2v) is 4.92. The molecule has 5 nitrogen and oxygen atoms in total. The molecule has 2 unspecified atom stereocenters. The van der Waals surface area contributed by atoms with Gasteiger partial charge in [0.05, 0.1) is 13.2 Å². The number of aliphatic carboxylic acids is 1. The van der Waals surface area contributed by atoms with Gasteiger partial charge in [-0.15, -0.1) is 6.58 Å². The fourth-order valence-corrected chi connectivity index (χ4v) is 1.84. The number of carboxylic acids is 1. The minimum atomic E-state index is -1.18. The average molecular weight is 309 g/mol. The number of nitrogens with one attached hydrogen (secondary N) is 1. The lowest BCUT2D eigenvalue weighted by atomic mass is 9.99. The molecule has 0 fully saturated rings. The van der Waals surface area contributed by atoms with Crippen LogP contribution in [0.5, 0.6) is 0 Å². The van der Waals surface area contributed by atoms with E-state index in [9.17, 15) is 14.0 Å². The number of hydrogen-bond donors (Lipinski definition) is 2. The molecule has 0 aliphatic carbocycles. The van der Waals surface area contributed by atoms with E-state index in [4.69, 9.17) is 9.84 Å². The molecule has 0 radical (unpaired) electrons. The molecule has 0 saturated heterocycles. The quantitative estimate of drug-likeness (QED) is 0.538. The number of carbonyl (C=O) groups excluding carboxylic acids is 1. The SMILES string of the molecule is C=CCOCC(NC(=O)C(C)Cc1ccccc1F)C(=O)O. The lowest BCUT2D eigenvalue weighted by Gasteiger charge is -2.18. The zero-order valence-electron chi connectivity index (χ0n) is 12.4. The van der Waals surface area contributed by atoms with Crippen molar-refractivity contribution in [1.82, 2.24) is 5.32 Å². The van der Waals surface area contributed by atoms with E-state index in [1.807, 2.05) is 0 Å². The number of ether oxygens (including phenoxy) is 1. The summed E-state index contributed by atoms with van der Waals surface area (Å²) in [4.78, 5) is 23.1. The summed E-state index contributed by atoms with van der Waals surface area (Å²) in [5, 5.41) is 11.5. The van der Waals surface area contributed by atoms with E-state index < -0.39 is 23.8 Å². The molecule has 0 aromatic heterocycles. The maximum Gasteiger partial charge on any atom is 0.328 e. The first-order chi connectivity index (χ1) is 10.5. The molecule has 1 aromatic rings. The lowest BCUT2D eigenvalue weighted by Crippen LogP contribution is -2.46. The van der Waals surface area contributed by atoms with Gasteiger partial charge in [-0.25, -0.2) is 9.18 Å². The largest absolute Gasteiger partial charge is 0.480 e. The summed E-state index contributed by atoms with van der Waals surface area (Å²) < 4.78 is 18.6. The van der Waals surface area contributed by atoms with Crippen molar-refractivity contribution < 1.29 is 23.8 Å². The van der Waals surface area contributed by atoms with Crippen molar-refractivity contribution in [3.8, 4) is 0 Å². The molecule has 1 amide bonds. The van der Waals surface area contributed by atoms with Crippen LogP contribution in [0.3, 0.4) is 0 Å². The molecular weight excluding hydrogens is 289 g/mol. The molecule has 0 saturated carbocycles. The third kappa shape index (κ3) is 5.65. The van der Waals surface area contributed by atoms with Crippen LogP contribution in [0, 0.1) is 11.7 Å². The van der Waals surface area contributed by atoms with Gasteiger partial charge in [-0.1, -0.05) is 31.2 Å². The Morgan fingerprint density at radius 2 is 2.14 bits per heavy atom. The molecule has 1 rings (SSSR count). The van der Waals surface area contributed by atoms with Crippen LogP contribution in [-0.4, -0.2) is 36.2 Å². The number of carbonyl (C=O) groups is 2. The van der Waals surface area contributed by atoms with Crippen LogP contribution in [0.2, 0.25) is 0 Å². The molecule has 0 aliphatic heterocycles. The topological polar surface area (TPSA) is 75.6 Å². The van der Waals surface area contributed by atoms with Gasteiger partial charge in [-0.2, -0.15) is 0 Å². The molecule has 120 valence electrons. The van der Waals surface area contributed by atoms with E-state index >= 15 is 0 Å².